The number of carbonyl (C=O) groups excluding carboxylic acids is 2. The molecule has 0 saturated carbocycles. The fourth-order valence-electron chi connectivity index (χ4n) is 4.29. The first-order valence-electron chi connectivity index (χ1n) is 16.5. The molecule has 0 bridgehead atoms. The minimum atomic E-state index is -0.624. The van der Waals surface area contributed by atoms with Gasteiger partial charge in [0.05, 0.1) is 33.3 Å². The van der Waals surface area contributed by atoms with Gasteiger partial charge >= 0.3 is 0 Å². The van der Waals surface area contributed by atoms with Crippen LogP contribution in [0.1, 0.15) is 67.6 Å². The second-order valence-corrected chi connectivity index (χ2v) is 11.5. The van der Waals surface area contributed by atoms with Crippen molar-refractivity contribution in [3.63, 3.8) is 0 Å². The van der Waals surface area contributed by atoms with Crippen LogP contribution in [0.3, 0.4) is 0 Å². The predicted molar refractivity (Wildman–Crippen MR) is 211 cm³/mol. The second kappa shape index (κ2) is 22.0. The molecule has 11 heteroatoms. The van der Waals surface area contributed by atoms with Crippen LogP contribution in [0.15, 0.2) is 83.5 Å². The molecule has 0 unspecified atom stereocenters. The number of nitrogens with zero attached hydrogens (tertiary/aromatic N) is 1. The second-order valence-electron chi connectivity index (χ2n) is 10.5. The first-order chi connectivity index (χ1) is 24.1. The zero-order valence-electron chi connectivity index (χ0n) is 29.9. The molecule has 2 aromatic carbocycles. The number of thiophene rings is 1. The third-order valence-electron chi connectivity index (χ3n) is 6.55. The number of fused-ring (bicyclic) bond motifs is 1. The Balaban J connectivity index is 0. The van der Waals surface area contributed by atoms with Crippen LogP contribution in [0.4, 0.5) is 25.8 Å². The average Bonchev–Trinajstić information content (AvgIpc) is 3.53. The Labute approximate surface area is 303 Å². The van der Waals surface area contributed by atoms with Gasteiger partial charge in [-0.1, -0.05) is 46.1 Å². The van der Waals surface area contributed by atoms with Crippen LogP contribution >= 0.6 is 11.3 Å². The van der Waals surface area contributed by atoms with Crippen molar-refractivity contribution in [1.82, 2.24) is 5.32 Å². The summed E-state index contributed by atoms with van der Waals surface area (Å²) in [6, 6.07) is 11.3. The number of hydrogen-bond acceptors (Lipinski definition) is 7. The molecule has 50 heavy (non-hydrogen) atoms. The van der Waals surface area contributed by atoms with Gasteiger partial charge in [-0.3, -0.25) is 14.6 Å². The van der Waals surface area contributed by atoms with Crippen molar-refractivity contribution in [2.75, 3.05) is 49.3 Å². The highest BCUT2D eigenvalue weighted by molar-refractivity contribution is 7.16. The molecule has 0 saturated heterocycles. The molecular weight excluding hydrogens is 657 g/mol. The number of anilines is 3. The van der Waals surface area contributed by atoms with E-state index >= 15 is 0 Å². The lowest BCUT2D eigenvalue weighted by Crippen LogP contribution is -2.21. The third-order valence-corrected chi connectivity index (χ3v) is 7.72. The van der Waals surface area contributed by atoms with Crippen molar-refractivity contribution in [3.05, 3.63) is 105 Å². The van der Waals surface area contributed by atoms with E-state index in [9.17, 15) is 18.4 Å². The van der Waals surface area contributed by atoms with Gasteiger partial charge in [-0.2, -0.15) is 0 Å². The fourth-order valence-corrected chi connectivity index (χ4v) is 5.49. The van der Waals surface area contributed by atoms with Crippen LogP contribution in [0.25, 0.3) is 5.57 Å². The first-order valence-corrected chi connectivity index (χ1v) is 17.3. The van der Waals surface area contributed by atoms with E-state index in [1.807, 2.05) is 59.9 Å². The number of halogens is 2. The van der Waals surface area contributed by atoms with Crippen LogP contribution in [0.2, 0.25) is 0 Å². The molecule has 1 aliphatic rings. The monoisotopic (exact) mass is 709 g/mol. The molecule has 0 spiro atoms. The first kappa shape index (κ1) is 41.3. The summed E-state index contributed by atoms with van der Waals surface area (Å²) in [4.78, 5) is 31.1. The normalized spacial score (nSPS) is 11.9. The summed E-state index contributed by atoms with van der Waals surface area (Å²) in [6.07, 6.45) is 3.30. The van der Waals surface area contributed by atoms with Gasteiger partial charge in [0.15, 0.2) is 0 Å². The number of ether oxygens (including phenoxy) is 1. The van der Waals surface area contributed by atoms with Gasteiger partial charge < -0.3 is 26.0 Å². The molecule has 1 aromatic heterocycles. The predicted octanol–water partition coefficient (Wildman–Crippen LogP) is 9.15. The Kier molecular flexibility index (Phi) is 18.1. The van der Waals surface area contributed by atoms with Gasteiger partial charge in [0, 0.05) is 54.2 Å². The lowest BCUT2D eigenvalue weighted by molar-refractivity contribution is -0.123. The zero-order chi connectivity index (χ0) is 37.1. The molecule has 272 valence electrons. The summed E-state index contributed by atoms with van der Waals surface area (Å²) in [5.41, 5.74) is 5.08. The Bertz CT molecular complexity index is 1780. The Morgan fingerprint density at radius 2 is 1.68 bits per heavy atom. The summed E-state index contributed by atoms with van der Waals surface area (Å²) >= 11 is 1.53. The standard InChI is InChI=1S/C35H35F2N5O3S.2C2H6.3H2/c1-22(2)34(40-21-23(3)20-38-15-16-45-4)31-18-30-35(46-31)25(13-14-39-30)6-5-24-7-10-28(17-29(24)37)42-33(44)19-32(43)41-27-11-8-26(36)9-12-27;2*1-2;;;/h7-13,17-18,21,38-39H,1,14-16,19-20H2,2-4H3,(H,41,43)(H,42,44);2*1-2H3;3*1H/b23-21+,40-34?;;;;;. The average molecular weight is 710 g/mol. The number of amides is 2. The minimum absolute atomic E-state index is 0. The molecule has 4 N–H and O–H groups in total. The smallest absolute Gasteiger partial charge is 0.233 e. The fraction of sp³-hybridized carbons (Fsp3) is 0.308. The summed E-state index contributed by atoms with van der Waals surface area (Å²) in [5.74, 6) is 3.74. The van der Waals surface area contributed by atoms with Crippen molar-refractivity contribution in [2.24, 2.45) is 4.99 Å². The molecule has 1 aliphatic heterocycles. The van der Waals surface area contributed by atoms with Gasteiger partial charge in [-0.25, -0.2) is 8.78 Å². The molecule has 8 nitrogen and oxygen atoms in total. The highest BCUT2D eigenvalue weighted by atomic mass is 32.1. The number of carbonyl (C=O) groups is 2. The topological polar surface area (TPSA) is 104 Å². The number of hydrogen-bond donors (Lipinski definition) is 4. The van der Waals surface area contributed by atoms with Crippen LogP contribution in [0.5, 0.6) is 0 Å². The van der Waals surface area contributed by atoms with Crippen molar-refractivity contribution in [1.29, 1.82) is 0 Å². The quantitative estimate of drug-likeness (QED) is 0.0650. The molecule has 4 rings (SSSR count). The molecule has 0 atom stereocenters. The van der Waals surface area contributed by atoms with Crippen LogP contribution < -0.4 is 21.3 Å². The maximum atomic E-state index is 15.0. The van der Waals surface area contributed by atoms with E-state index < -0.39 is 29.9 Å². The maximum Gasteiger partial charge on any atom is 0.233 e. The molecule has 0 aliphatic carbocycles. The van der Waals surface area contributed by atoms with Crippen LogP contribution in [0, 0.1) is 23.5 Å². The molecule has 3 aromatic rings. The summed E-state index contributed by atoms with van der Waals surface area (Å²) in [7, 11) is 1.67. The van der Waals surface area contributed by atoms with E-state index in [2.05, 4.69) is 39.7 Å². The zero-order valence-corrected chi connectivity index (χ0v) is 30.7. The van der Waals surface area contributed by atoms with Gasteiger partial charge in [0.2, 0.25) is 11.8 Å². The molecule has 0 radical (unpaired) electrons. The number of methoxy groups -OCH3 is 1. The van der Waals surface area contributed by atoms with Crippen molar-refractivity contribution in [2.45, 2.75) is 48.0 Å². The third kappa shape index (κ3) is 13.2. The molecule has 2 amide bonds. The number of allylic oxidation sites excluding steroid dienone is 2. The SMILES string of the molecule is C=C(C)C(=N/C=C(\C)CNCCOC)c1cc2c(s1)C(C#Cc1ccc(NC(=O)CC(=O)Nc3ccc(F)cc3)cc1F)=CCN2.CC.CC.[HH].[HH].[HH]. The number of nitrogens with one attached hydrogen (secondary N) is 4. The van der Waals surface area contributed by atoms with E-state index in [1.54, 1.807) is 7.11 Å². The van der Waals surface area contributed by atoms with Crippen LogP contribution in [-0.4, -0.2) is 50.9 Å². The van der Waals surface area contributed by atoms with E-state index in [0.717, 1.165) is 50.5 Å². The summed E-state index contributed by atoms with van der Waals surface area (Å²) in [5, 5.41) is 11.7. The lowest BCUT2D eigenvalue weighted by Gasteiger charge is -2.11. The maximum absolute atomic E-state index is 15.0. The van der Waals surface area contributed by atoms with Crippen molar-refractivity contribution >= 4 is 51.5 Å². The Morgan fingerprint density at radius 1 is 1.02 bits per heavy atom. The molecule has 2 heterocycles. The number of rotatable bonds is 12. The van der Waals surface area contributed by atoms with Gasteiger partial charge in [0.1, 0.15) is 18.1 Å². The lowest BCUT2D eigenvalue weighted by atomic mass is 10.1. The van der Waals surface area contributed by atoms with E-state index in [4.69, 9.17) is 9.73 Å². The van der Waals surface area contributed by atoms with Gasteiger partial charge in [-0.15, -0.1) is 11.3 Å². The highest BCUT2D eigenvalue weighted by Gasteiger charge is 2.19. The van der Waals surface area contributed by atoms with Gasteiger partial charge in [0.25, 0.3) is 0 Å². The van der Waals surface area contributed by atoms with E-state index in [0.29, 0.717) is 25.4 Å². The Hall–Kier alpha value is -4.89. The van der Waals surface area contributed by atoms with E-state index in [1.165, 1.54) is 47.7 Å². The van der Waals surface area contributed by atoms with Crippen molar-refractivity contribution < 1.29 is 27.4 Å². The Morgan fingerprint density at radius 3 is 2.32 bits per heavy atom. The highest BCUT2D eigenvalue weighted by Crippen LogP contribution is 2.36. The largest absolute Gasteiger partial charge is 0.383 e. The van der Waals surface area contributed by atoms with Crippen LogP contribution in [-0.2, 0) is 14.3 Å². The minimum Gasteiger partial charge on any atom is -0.383 e. The van der Waals surface area contributed by atoms with Crippen molar-refractivity contribution in [3.8, 4) is 11.8 Å². The summed E-state index contributed by atoms with van der Waals surface area (Å²) < 4.78 is 33.1. The molecule has 0 fully saturated rings. The summed E-state index contributed by atoms with van der Waals surface area (Å²) in [6.45, 7) is 18.7. The molecular formula is C39H53F2N5O3S. The van der Waals surface area contributed by atoms with E-state index in [-0.39, 0.29) is 15.5 Å². The number of aliphatic imine (C=N–C) groups is 1. The number of benzene rings is 2. The van der Waals surface area contributed by atoms with Gasteiger partial charge in [-0.05, 0) is 79.6 Å².